The Morgan fingerprint density at radius 1 is 1.29 bits per heavy atom. The molecule has 21 heavy (non-hydrogen) atoms. The Morgan fingerprint density at radius 2 is 1.95 bits per heavy atom. The van der Waals surface area contributed by atoms with E-state index < -0.39 is 45.4 Å². The van der Waals surface area contributed by atoms with Gasteiger partial charge in [-0.3, -0.25) is 0 Å². The molecule has 0 aromatic rings. The largest absolute Gasteiger partial charge is 0.394 e. The Morgan fingerprint density at radius 3 is 2.48 bits per heavy atom. The molecule has 124 valence electrons. The lowest BCUT2D eigenvalue weighted by molar-refractivity contribution is -0.305. The van der Waals surface area contributed by atoms with Gasteiger partial charge in [-0.05, 0) is 6.04 Å². The lowest BCUT2D eigenvalue weighted by Gasteiger charge is -2.41. The Bertz CT molecular complexity index is 362. The summed E-state index contributed by atoms with van der Waals surface area (Å²) in [5.41, 5.74) is 0. The van der Waals surface area contributed by atoms with Gasteiger partial charge in [0.15, 0.2) is 6.29 Å². The smallest absolute Gasteiger partial charge is 0.186 e. The quantitative estimate of drug-likeness (QED) is 0.442. The van der Waals surface area contributed by atoms with E-state index >= 15 is 0 Å². The van der Waals surface area contributed by atoms with Crippen molar-refractivity contribution in [3.8, 4) is 0 Å². The molecule has 1 heterocycles. The first kappa shape index (κ1) is 17.1. The zero-order valence-electron chi connectivity index (χ0n) is 14.0. The second-order valence-corrected chi connectivity index (χ2v) is 12.0. The van der Waals surface area contributed by atoms with Crippen molar-refractivity contribution < 1.29 is 30.9 Å². The van der Waals surface area contributed by atoms with E-state index in [-0.39, 0.29) is 12.7 Å². The highest BCUT2D eigenvalue weighted by molar-refractivity contribution is 6.76. The van der Waals surface area contributed by atoms with Crippen molar-refractivity contribution in [3.05, 3.63) is 12.6 Å². The summed E-state index contributed by atoms with van der Waals surface area (Å²) in [6.45, 7) is 9.93. The number of aliphatic hydroxyl groups is 3. The number of hydrogen-bond acceptors (Lipinski definition) is 6. The Hall–Kier alpha value is -0.283. The van der Waals surface area contributed by atoms with Gasteiger partial charge in [-0.1, -0.05) is 25.7 Å². The molecule has 3 N–H and O–H groups in total. The first-order valence-electron chi connectivity index (χ1n) is 7.66. The zero-order valence-corrected chi connectivity index (χ0v) is 14.0. The predicted molar refractivity (Wildman–Crippen MR) is 81.8 cm³/mol. The van der Waals surface area contributed by atoms with Gasteiger partial charge in [0.25, 0.3) is 0 Å². The third-order valence-corrected chi connectivity index (χ3v) is 5.04. The summed E-state index contributed by atoms with van der Waals surface area (Å²) >= 11 is 0. The number of rotatable bonds is 8. The molecule has 0 spiro atoms. The molecule has 1 rings (SSSR count). The minimum atomic E-state index is -1.28. The number of hydrogen-bond donors (Lipinski definition) is 3. The van der Waals surface area contributed by atoms with Crippen LogP contribution in [0.15, 0.2) is 12.6 Å². The van der Waals surface area contributed by atoms with Crippen LogP contribution < -0.4 is 0 Å². The molecule has 1 fully saturated rings. The minimum Gasteiger partial charge on any atom is -0.394 e. The Balaban J connectivity index is 2.66. The monoisotopic (exact) mass is 321 g/mol. The van der Waals surface area contributed by atoms with Crippen molar-refractivity contribution in [2.75, 3.05) is 19.8 Å². The summed E-state index contributed by atoms with van der Waals surface area (Å²) in [6, 6.07) is 0.934. The average Bonchev–Trinajstić information content (AvgIpc) is 2.39. The van der Waals surface area contributed by atoms with Gasteiger partial charge >= 0.3 is 0 Å². The minimum absolute atomic E-state index is 0.0302. The van der Waals surface area contributed by atoms with Crippen LogP contribution in [0.4, 0.5) is 0 Å². The highest BCUT2D eigenvalue weighted by Gasteiger charge is 2.45. The average molecular weight is 321 g/mol. The van der Waals surface area contributed by atoms with Crippen LogP contribution in [0.1, 0.15) is 1.37 Å². The number of ether oxygens (including phenoxy) is 3. The van der Waals surface area contributed by atoms with Gasteiger partial charge in [0.05, 0.1) is 14.6 Å². The molecule has 1 aliphatic rings. The summed E-state index contributed by atoms with van der Waals surface area (Å²) in [5, 5.41) is 29.6. The van der Waals surface area contributed by atoms with Crippen LogP contribution in [0.25, 0.3) is 0 Å². The van der Waals surface area contributed by atoms with Gasteiger partial charge < -0.3 is 29.5 Å². The molecule has 0 aromatic carbocycles. The normalized spacial score (nSPS) is 34.6. The fourth-order valence-electron chi connectivity index (χ4n) is 2.02. The highest BCUT2D eigenvalue weighted by atomic mass is 28.3. The van der Waals surface area contributed by atoms with Gasteiger partial charge in [0.1, 0.15) is 24.4 Å². The molecule has 0 radical (unpaired) electrons. The van der Waals surface area contributed by atoms with Crippen molar-refractivity contribution in [1.29, 1.82) is 0 Å². The van der Waals surface area contributed by atoms with E-state index in [0.29, 0.717) is 6.61 Å². The third kappa shape index (κ3) is 5.78. The number of aliphatic hydroxyl groups excluding tert-OH is 3. The molecule has 1 unspecified atom stereocenters. The maximum absolute atomic E-state index is 10.3. The van der Waals surface area contributed by atoms with Gasteiger partial charge in [-0.15, -0.1) is 6.58 Å². The standard InChI is InChI=1S/C14H28O6Si/c1-5-6-18-13-11(16)10(9-15)20-14(12(13)17)19-7-8-21(2,3)4/h5,10-17H,1,6-9H2,2-4H3/t10-,11+,12-,13+,14?/m1/s1/i5D. The van der Waals surface area contributed by atoms with Crippen LogP contribution in [0.5, 0.6) is 0 Å². The Kier molecular flexibility index (Phi) is 6.81. The van der Waals surface area contributed by atoms with Crippen LogP contribution in [-0.2, 0) is 14.2 Å². The SMILES string of the molecule is [2H]C(=C)CO[C@H]1[C@@H](O)[C@@H](CO)OC(OCC[Si](C)(C)C)[C@@H]1O. The molecule has 1 saturated heterocycles. The van der Waals surface area contributed by atoms with Crippen LogP contribution in [-0.4, -0.2) is 73.9 Å². The van der Waals surface area contributed by atoms with E-state index in [1.165, 1.54) is 0 Å². The van der Waals surface area contributed by atoms with E-state index in [1.54, 1.807) is 0 Å². The first-order valence-corrected chi connectivity index (χ1v) is 10.9. The molecule has 1 aliphatic heterocycles. The van der Waals surface area contributed by atoms with Crippen molar-refractivity contribution in [2.45, 2.75) is 56.4 Å². The second-order valence-electron chi connectivity index (χ2n) is 6.41. The molecular formula is C14H28O6Si. The van der Waals surface area contributed by atoms with Gasteiger partial charge in [0, 0.05) is 14.7 Å². The fourth-order valence-corrected chi connectivity index (χ4v) is 2.75. The van der Waals surface area contributed by atoms with E-state index in [9.17, 15) is 15.3 Å². The third-order valence-electron chi connectivity index (χ3n) is 3.33. The first-order chi connectivity index (χ1) is 10.2. The maximum atomic E-state index is 10.3. The van der Waals surface area contributed by atoms with Crippen LogP contribution in [0.2, 0.25) is 25.7 Å². The van der Waals surface area contributed by atoms with E-state index in [1.807, 2.05) is 0 Å². The molecule has 0 saturated carbocycles. The van der Waals surface area contributed by atoms with Gasteiger partial charge in [-0.2, -0.15) is 0 Å². The molecular weight excluding hydrogens is 292 g/mol. The van der Waals surface area contributed by atoms with Crippen LogP contribution in [0.3, 0.4) is 0 Å². The van der Waals surface area contributed by atoms with E-state index in [0.717, 1.165) is 6.04 Å². The summed E-state index contributed by atoms with van der Waals surface area (Å²) < 4.78 is 23.6. The molecule has 0 amide bonds. The van der Waals surface area contributed by atoms with Gasteiger partial charge in [0.2, 0.25) is 0 Å². The van der Waals surface area contributed by atoms with Crippen molar-refractivity contribution >= 4 is 8.07 Å². The fraction of sp³-hybridized carbons (Fsp3) is 0.857. The van der Waals surface area contributed by atoms with Gasteiger partial charge in [-0.25, -0.2) is 0 Å². The topological polar surface area (TPSA) is 88.4 Å². The van der Waals surface area contributed by atoms with Crippen LogP contribution >= 0.6 is 0 Å². The summed E-state index contributed by atoms with van der Waals surface area (Å²) in [4.78, 5) is 0. The van der Waals surface area contributed by atoms with Crippen LogP contribution in [0, 0.1) is 0 Å². The summed E-state index contributed by atoms with van der Waals surface area (Å²) in [6.07, 6.45) is -5.26. The molecule has 0 bridgehead atoms. The predicted octanol–water partition coefficient (Wildman–Crippen LogP) is 0.351. The zero-order chi connectivity index (χ0) is 16.9. The highest BCUT2D eigenvalue weighted by Crippen LogP contribution is 2.25. The molecule has 0 aliphatic carbocycles. The maximum Gasteiger partial charge on any atom is 0.186 e. The molecule has 5 atom stereocenters. The van der Waals surface area contributed by atoms with Crippen molar-refractivity contribution in [1.82, 2.24) is 0 Å². The summed E-state index contributed by atoms with van der Waals surface area (Å²) in [7, 11) is -1.28. The van der Waals surface area contributed by atoms with Crippen molar-refractivity contribution in [3.63, 3.8) is 0 Å². The van der Waals surface area contributed by atoms with Crippen molar-refractivity contribution in [2.24, 2.45) is 0 Å². The van der Waals surface area contributed by atoms with E-state index in [4.69, 9.17) is 15.6 Å². The van der Waals surface area contributed by atoms with E-state index in [2.05, 4.69) is 26.2 Å². The molecule has 7 heteroatoms. The molecule has 6 nitrogen and oxygen atoms in total. The Labute approximate surface area is 128 Å². The second kappa shape index (κ2) is 8.38. The lowest BCUT2D eigenvalue weighted by atomic mass is 9.99. The molecule has 0 aromatic heterocycles. The summed E-state index contributed by atoms with van der Waals surface area (Å²) in [5.74, 6) is 0. The lowest BCUT2D eigenvalue weighted by Crippen LogP contribution is -2.60.